The molecule has 0 radical (unpaired) electrons. The monoisotopic (exact) mass is 381 g/mol. The van der Waals surface area contributed by atoms with E-state index < -0.39 is 21.3 Å². The van der Waals surface area contributed by atoms with E-state index in [1.807, 2.05) is 0 Å². The van der Waals surface area contributed by atoms with Crippen LogP contribution in [0.15, 0.2) is 32.7 Å². The second-order valence-corrected chi connectivity index (χ2v) is 8.22. The molecule has 2 N–H and O–H groups in total. The number of benzene rings is 1. The van der Waals surface area contributed by atoms with Crippen LogP contribution in [0, 0.1) is 5.92 Å². The highest BCUT2D eigenvalue weighted by atomic mass is 32.2. The minimum Gasteiger partial charge on any atom is -0.396 e. The van der Waals surface area contributed by atoms with Crippen LogP contribution < -0.4 is 16.0 Å². The molecule has 0 aliphatic heterocycles. The van der Waals surface area contributed by atoms with E-state index in [-0.39, 0.29) is 35.4 Å². The van der Waals surface area contributed by atoms with E-state index in [2.05, 4.69) is 4.72 Å². The molecule has 1 aromatic carbocycles. The molecule has 0 spiro atoms. The van der Waals surface area contributed by atoms with Gasteiger partial charge < -0.3 is 5.11 Å². The Hall–Kier alpha value is -1.97. The normalized spacial score (nSPS) is 20.3. The van der Waals surface area contributed by atoms with Gasteiger partial charge in [-0.3, -0.25) is 13.9 Å². The number of hydrogen-bond donors (Lipinski definition) is 2. The molecule has 0 unspecified atom stereocenters. The first kappa shape index (κ1) is 18.8. The average molecular weight is 381 g/mol. The van der Waals surface area contributed by atoms with Crippen molar-refractivity contribution in [3.8, 4) is 0 Å². The number of nitrogens with zero attached hydrogens (tertiary/aromatic N) is 2. The smallest absolute Gasteiger partial charge is 0.331 e. The molecule has 0 saturated heterocycles. The fourth-order valence-corrected chi connectivity index (χ4v) is 4.73. The zero-order valence-electron chi connectivity index (χ0n) is 14.8. The van der Waals surface area contributed by atoms with Gasteiger partial charge in [-0.15, -0.1) is 0 Å². The number of fused-ring (bicyclic) bond motifs is 1. The van der Waals surface area contributed by atoms with Gasteiger partial charge >= 0.3 is 5.69 Å². The first-order valence-electron chi connectivity index (χ1n) is 8.74. The van der Waals surface area contributed by atoms with Crippen LogP contribution in [0.3, 0.4) is 0 Å². The Bertz CT molecular complexity index is 1050. The Morgan fingerprint density at radius 1 is 1.15 bits per heavy atom. The van der Waals surface area contributed by atoms with E-state index in [1.165, 1.54) is 22.8 Å². The summed E-state index contributed by atoms with van der Waals surface area (Å²) in [5.74, 6) is -0.0761. The average Bonchev–Trinajstić information content (AvgIpc) is 2.60. The highest BCUT2D eigenvalue weighted by Crippen LogP contribution is 2.28. The summed E-state index contributed by atoms with van der Waals surface area (Å²) in [6, 6.07) is 3.93. The van der Waals surface area contributed by atoms with Gasteiger partial charge in [0.05, 0.1) is 15.8 Å². The van der Waals surface area contributed by atoms with Gasteiger partial charge in [0.2, 0.25) is 10.0 Å². The molecule has 26 heavy (non-hydrogen) atoms. The standard InChI is InChI=1S/C17H23N3O5S/c1-3-19-15-8-6-12(9-13(15)16(22)20(4-2)17(19)23)26(24,25)18-14-7-5-11(14)10-21/h6,8-9,11,14,18,21H,3-5,7,10H2,1-2H3/t11-,14+/m1/s1. The zero-order valence-corrected chi connectivity index (χ0v) is 15.6. The molecular weight excluding hydrogens is 358 g/mol. The number of nitrogens with one attached hydrogen (secondary N) is 1. The summed E-state index contributed by atoms with van der Waals surface area (Å²) in [4.78, 5) is 25.0. The van der Waals surface area contributed by atoms with Crippen molar-refractivity contribution < 1.29 is 13.5 Å². The summed E-state index contributed by atoms with van der Waals surface area (Å²) >= 11 is 0. The molecular formula is C17H23N3O5S. The number of aliphatic hydroxyl groups is 1. The van der Waals surface area contributed by atoms with Crippen LogP contribution in [0.1, 0.15) is 26.7 Å². The molecule has 1 saturated carbocycles. The van der Waals surface area contributed by atoms with Crippen LogP contribution in [0.2, 0.25) is 0 Å². The highest BCUT2D eigenvalue weighted by molar-refractivity contribution is 7.89. The van der Waals surface area contributed by atoms with E-state index in [1.54, 1.807) is 13.8 Å². The Kier molecular flexibility index (Phi) is 5.05. The van der Waals surface area contributed by atoms with Crippen molar-refractivity contribution >= 4 is 20.9 Å². The molecule has 1 aromatic heterocycles. The molecule has 3 rings (SSSR count). The third kappa shape index (κ3) is 3.00. The lowest BCUT2D eigenvalue weighted by molar-refractivity contribution is 0.129. The van der Waals surface area contributed by atoms with E-state index in [0.717, 1.165) is 11.0 Å². The van der Waals surface area contributed by atoms with Crippen LogP contribution in [-0.4, -0.2) is 35.3 Å². The Morgan fingerprint density at radius 2 is 1.85 bits per heavy atom. The fraction of sp³-hybridized carbons (Fsp3) is 0.529. The Morgan fingerprint density at radius 3 is 2.38 bits per heavy atom. The number of hydrogen-bond acceptors (Lipinski definition) is 5. The van der Waals surface area contributed by atoms with Gasteiger partial charge in [0, 0.05) is 25.7 Å². The molecule has 2 atom stereocenters. The van der Waals surface area contributed by atoms with Crippen LogP contribution in [0.4, 0.5) is 0 Å². The lowest BCUT2D eigenvalue weighted by Crippen LogP contribution is -2.48. The summed E-state index contributed by atoms with van der Waals surface area (Å²) in [6.07, 6.45) is 1.46. The molecule has 1 aliphatic rings. The van der Waals surface area contributed by atoms with Gasteiger partial charge in [-0.25, -0.2) is 17.9 Å². The van der Waals surface area contributed by atoms with Crippen LogP contribution >= 0.6 is 0 Å². The van der Waals surface area contributed by atoms with Crippen molar-refractivity contribution in [3.63, 3.8) is 0 Å². The SMILES string of the molecule is CCn1c(=O)c2cc(S(=O)(=O)N[C@H]3CC[C@@H]3CO)ccc2n(CC)c1=O. The number of sulfonamides is 1. The Balaban J connectivity index is 2.12. The highest BCUT2D eigenvalue weighted by Gasteiger charge is 2.34. The molecule has 8 nitrogen and oxygen atoms in total. The van der Waals surface area contributed by atoms with Gasteiger partial charge in [0.15, 0.2) is 0 Å². The molecule has 1 fully saturated rings. The summed E-state index contributed by atoms with van der Waals surface area (Å²) < 4.78 is 30.5. The maximum absolute atomic E-state index is 12.7. The van der Waals surface area contributed by atoms with Crippen molar-refractivity contribution in [2.75, 3.05) is 6.61 Å². The molecule has 142 valence electrons. The molecule has 9 heteroatoms. The summed E-state index contributed by atoms with van der Waals surface area (Å²) in [5, 5.41) is 9.43. The number of aliphatic hydroxyl groups excluding tert-OH is 1. The summed E-state index contributed by atoms with van der Waals surface area (Å²) in [5.41, 5.74) is -0.476. The third-order valence-electron chi connectivity index (χ3n) is 5.10. The second kappa shape index (κ2) is 6.98. The number of aromatic nitrogens is 2. The third-order valence-corrected chi connectivity index (χ3v) is 6.59. The van der Waals surface area contributed by atoms with E-state index in [9.17, 15) is 23.1 Å². The fourth-order valence-electron chi connectivity index (χ4n) is 3.36. The maximum Gasteiger partial charge on any atom is 0.331 e. The molecule has 0 bridgehead atoms. The molecule has 2 aromatic rings. The van der Waals surface area contributed by atoms with E-state index in [0.29, 0.717) is 18.5 Å². The van der Waals surface area contributed by atoms with Crippen molar-refractivity contribution in [1.29, 1.82) is 0 Å². The number of aryl methyl sites for hydroxylation is 1. The quantitative estimate of drug-likeness (QED) is 0.745. The first-order chi connectivity index (χ1) is 12.3. The van der Waals surface area contributed by atoms with Gasteiger partial charge in [-0.1, -0.05) is 0 Å². The molecule has 0 amide bonds. The summed E-state index contributed by atoms with van der Waals surface area (Å²) in [7, 11) is -3.82. The zero-order chi connectivity index (χ0) is 19.1. The molecule has 1 heterocycles. The largest absolute Gasteiger partial charge is 0.396 e. The number of rotatable bonds is 6. The first-order valence-corrected chi connectivity index (χ1v) is 10.2. The Labute approximate surface area is 151 Å². The van der Waals surface area contributed by atoms with E-state index >= 15 is 0 Å². The topological polar surface area (TPSA) is 110 Å². The van der Waals surface area contributed by atoms with Gasteiger partial charge in [-0.2, -0.15) is 0 Å². The minimum absolute atomic E-state index is 0.0188. The predicted molar refractivity (Wildman–Crippen MR) is 97.7 cm³/mol. The van der Waals surface area contributed by atoms with E-state index in [4.69, 9.17) is 0 Å². The van der Waals surface area contributed by atoms with Crippen molar-refractivity contribution in [3.05, 3.63) is 39.0 Å². The second-order valence-electron chi connectivity index (χ2n) is 6.50. The van der Waals surface area contributed by atoms with Crippen molar-refractivity contribution in [2.45, 2.75) is 50.7 Å². The van der Waals surface area contributed by atoms with Gasteiger partial charge in [0.25, 0.3) is 5.56 Å². The summed E-state index contributed by atoms with van der Waals surface area (Å²) in [6.45, 7) is 4.02. The van der Waals surface area contributed by atoms with Gasteiger partial charge in [0.1, 0.15) is 0 Å². The predicted octanol–water partition coefficient (Wildman–Crippen LogP) is 0.252. The van der Waals surface area contributed by atoms with Crippen LogP contribution in [0.25, 0.3) is 10.9 Å². The van der Waals surface area contributed by atoms with Gasteiger partial charge in [-0.05, 0) is 50.8 Å². The van der Waals surface area contributed by atoms with Crippen molar-refractivity contribution in [1.82, 2.24) is 13.9 Å². The molecule has 1 aliphatic carbocycles. The maximum atomic E-state index is 12.7. The van der Waals surface area contributed by atoms with Crippen LogP contribution in [0.5, 0.6) is 0 Å². The van der Waals surface area contributed by atoms with Crippen LogP contribution in [-0.2, 0) is 23.1 Å². The lowest BCUT2D eigenvalue weighted by atomic mass is 9.81. The lowest BCUT2D eigenvalue weighted by Gasteiger charge is -2.35. The minimum atomic E-state index is -3.82. The van der Waals surface area contributed by atoms with Crippen molar-refractivity contribution in [2.24, 2.45) is 5.92 Å².